The van der Waals surface area contributed by atoms with Gasteiger partial charge >= 0.3 is 6.03 Å². The minimum atomic E-state index is -0.452. The number of hydrogen-bond acceptors (Lipinski definition) is 4. The smallest absolute Gasteiger partial charge is 0.321 e. The normalized spacial score (nSPS) is 14.2. The molecule has 0 aromatic rings. The molecule has 6 heteroatoms. The fraction of sp³-hybridized carbons (Fsp3) is 0.818. The maximum Gasteiger partial charge on any atom is 0.321 e. The number of urea groups is 1. The molecule has 0 aliphatic rings. The summed E-state index contributed by atoms with van der Waals surface area (Å²) in [5.74, 6) is -0.318. The maximum atomic E-state index is 11.6. The average Bonchev–Trinajstić information content (AvgIpc) is 2.15. The lowest BCUT2D eigenvalue weighted by atomic mass is 10.2. The van der Waals surface area contributed by atoms with E-state index >= 15 is 0 Å². The molecular formula is C11H24N4O2. The Balaban J connectivity index is 4.00. The van der Waals surface area contributed by atoms with Crippen molar-refractivity contribution in [1.29, 1.82) is 0 Å². The van der Waals surface area contributed by atoms with Crippen molar-refractivity contribution in [2.45, 2.75) is 32.9 Å². The first-order valence-electron chi connectivity index (χ1n) is 5.86. The fourth-order valence-corrected chi connectivity index (χ4v) is 1.53. The molecule has 0 aromatic carbocycles. The number of rotatable bonds is 6. The van der Waals surface area contributed by atoms with Gasteiger partial charge in [-0.25, -0.2) is 4.79 Å². The molecule has 0 aliphatic carbocycles. The van der Waals surface area contributed by atoms with E-state index in [1.807, 2.05) is 25.9 Å². The van der Waals surface area contributed by atoms with Crippen molar-refractivity contribution in [2.75, 3.05) is 27.2 Å². The molecule has 2 atom stereocenters. The number of imide groups is 1. The van der Waals surface area contributed by atoms with E-state index in [-0.39, 0.29) is 11.9 Å². The quantitative estimate of drug-likeness (QED) is 0.603. The van der Waals surface area contributed by atoms with E-state index in [1.165, 1.54) is 0 Å². The van der Waals surface area contributed by atoms with Crippen molar-refractivity contribution < 1.29 is 9.59 Å². The second kappa shape index (κ2) is 8.03. The van der Waals surface area contributed by atoms with Crippen LogP contribution in [0.25, 0.3) is 0 Å². The van der Waals surface area contributed by atoms with E-state index in [1.54, 1.807) is 13.8 Å². The molecule has 0 radical (unpaired) electrons. The van der Waals surface area contributed by atoms with Crippen molar-refractivity contribution in [3.05, 3.63) is 0 Å². The Morgan fingerprint density at radius 3 is 2.29 bits per heavy atom. The van der Waals surface area contributed by atoms with Crippen LogP contribution in [0.1, 0.15) is 20.8 Å². The van der Waals surface area contributed by atoms with Crippen molar-refractivity contribution in [3.63, 3.8) is 0 Å². The van der Waals surface area contributed by atoms with Gasteiger partial charge in [0.05, 0.1) is 6.04 Å². The lowest BCUT2D eigenvalue weighted by Gasteiger charge is -2.22. The van der Waals surface area contributed by atoms with Crippen LogP contribution < -0.4 is 16.0 Å². The lowest BCUT2D eigenvalue weighted by molar-refractivity contribution is -0.121. The number of amides is 3. The Kier molecular flexibility index (Phi) is 7.49. The SMILES string of the molecule is CCNC(=O)NC(=O)C(C)NC(C)CN(C)C. The third kappa shape index (κ3) is 7.70. The zero-order valence-corrected chi connectivity index (χ0v) is 11.3. The minimum Gasteiger partial charge on any atom is -0.338 e. The van der Waals surface area contributed by atoms with E-state index in [0.29, 0.717) is 6.54 Å². The first kappa shape index (κ1) is 15.9. The van der Waals surface area contributed by atoms with Crippen LogP contribution >= 0.6 is 0 Å². The van der Waals surface area contributed by atoms with Crippen LogP contribution in [0.3, 0.4) is 0 Å². The van der Waals surface area contributed by atoms with E-state index in [2.05, 4.69) is 16.0 Å². The summed E-state index contributed by atoms with van der Waals surface area (Å²) in [4.78, 5) is 24.8. The standard InChI is InChI=1S/C11H24N4O2/c1-6-12-11(17)14-10(16)9(3)13-8(2)7-15(4)5/h8-9,13H,6-7H2,1-5H3,(H2,12,14,16,17). The van der Waals surface area contributed by atoms with Crippen molar-refractivity contribution in [2.24, 2.45) is 0 Å². The van der Waals surface area contributed by atoms with E-state index in [9.17, 15) is 9.59 Å². The molecule has 0 heterocycles. The second-order valence-corrected chi connectivity index (χ2v) is 4.40. The number of carbonyl (C=O) groups is 2. The summed E-state index contributed by atoms with van der Waals surface area (Å²) in [5, 5.41) is 7.91. The summed E-state index contributed by atoms with van der Waals surface area (Å²) >= 11 is 0. The van der Waals surface area contributed by atoms with Gasteiger partial charge in [0, 0.05) is 19.1 Å². The van der Waals surface area contributed by atoms with Crippen molar-refractivity contribution >= 4 is 11.9 Å². The fourth-order valence-electron chi connectivity index (χ4n) is 1.53. The largest absolute Gasteiger partial charge is 0.338 e. The van der Waals surface area contributed by atoms with Gasteiger partial charge in [0.1, 0.15) is 0 Å². The predicted octanol–water partition coefficient (Wildman–Crippen LogP) is -0.240. The molecule has 6 nitrogen and oxygen atoms in total. The highest BCUT2D eigenvalue weighted by Crippen LogP contribution is 1.90. The number of carbonyl (C=O) groups excluding carboxylic acids is 2. The van der Waals surface area contributed by atoms with Crippen LogP contribution in [-0.2, 0) is 4.79 Å². The number of hydrogen-bond donors (Lipinski definition) is 3. The minimum absolute atomic E-state index is 0.181. The third-order valence-electron chi connectivity index (χ3n) is 2.14. The summed E-state index contributed by atoms with van der Waals surface area (Å²) in [6.45, 7) is 6.86. The first-order chi connectivity index (χ1) is 7.86. The molecule has 100 valence electrons. The van der Waals surface area contributed by atoms with Crippen LogP contribution in [0, 0.1) is 0 Å². The van der Waals surface area contributed by atoms with Gasteiger partial charge in [0.15, 0.2) is 0 Å². The summed E-state index contributed by atoms with van der Waals surface area (Å²) in [7, 11) is 3.94. The van der Waals surface area contributed by atoms with Crippen LogP contribution in [0.4, 0.5) is 4.79 Å². The highest BCUT2D eigenvalue weighted by Gasteiger charge is 2.17. The van der Waals surface area contributed by atoms with Gasteiger partial charge < -0.3 is 15.5 Å². The topological polar surface area (TPSA) is 73.5 Å². The summed E-state index contributed by atoms with van der Waals surface area (Å²) < 4.78 is 0. The summed E-state index contributed by atoms with van der Waals surface area (Å²) in [6, 6.07) is -0.668. The van der Waals surface area contributed by atoms with Gasteiger partial charge in [-0.3, -0.25) is 10.1 Å². The zero-order valence-electron chi connectivity index (χ0n) is 11.3. The van der Waals surface area contributed by atoms with Gasteiger partial charge in [0.2, 0.25) is 5.91 Å². The van der Waals surface area contributed by atoms with E-state index < -0.39 is 12.1 Å². The van der Waals surface area contributed by atoms with Crippen molar-refractivity contribution in [3.8, 4) is 0 Å². The van der Waals surface area contributed by atoms with Gasteiger partial charge in [-0.2, -0.15) is 0 Å². The number of likely N-dealkylation sites (N-methyl/N-ethyl adjacent to an activating group) is 1. The zero-order chi connectivity index (χ0) is 13.4. The maximum absolute atomic E-state index is 11.6. The van der Waals surface area contributed by atoms with Gasteiger partial charge in [-0.1, -0.05) is 0 Å². The highest BCUT2D eigenvalue weighted by molar-refractivity contribution is 5.96. The Morgan fingerprint density at radius 2 is 1.82 bits per heavy atom. The summed E-state index contributed by atoms with van der Waals surface area (Å²) in [6.07, 6.45) is 0. The van der Waals surface area contributed by atoms with Gasteiger partial charge in [-0.15, -0.1) is 0 Å². The Bertz CT molecular complexity index is 256. The predicted molar refractivity (Wildman–Crippen MR) is 67.8 cm³/mol. The first-order valence-corrected chi connectivity index (χ1v) is 5.86. The number of nitrogens with zero attached hydrogens (tertiary/aromatic N) is 1. The highest BCUT2D eigenvalue weighted by atomic mass is 16.2. The molecule has 0 fully saturated rings. The summed E-state index contributed by atoms with van der Waals surface area (Å²) in [5.41, 5.74) is 0. The van der Waals surface area contributed by atoms with Crippen LogP contribution in [0.5, 0.6) is 0 Å². The van der Waals surface area contributed by atoms with Crippen LogP contribution in [0.15, 0.2) is 0 Å². The average molecular weight is 244 g/mol. The molecule has 0 aromatic heterocycles. The molecule has 2 unspecified atom stereocenters. The molecule has 0 saturated heterocycles. The second-order valence-electron chi connectivity index (χ2n) is 4.40. The Labute approximate surface area is 103 Å². The monoisotopic (exact) mass is 244 g/mol. The molecule has 0 spiro atoms. The van der Waals surface area contributed by atoms with Gasteiger partial charge in [0.25, 0.3) is 0 Å². The van der Waals surface area contributed by atoms with Crippen LogP contribution in [-0.4, -0.2) is 56.1 Å². The molecule has 0 aliphatic heterocycles. The van der Waals surface area contributed by atoms with Gasteiger partial charge in [-0.05, 0) is 34.9 Å². The molecule has 3 N–H and O–H groups in total. The lowest BCUT2D eigenvalue weighted by Crippen LogP contribution is -2.51. The van der Waals surface area contributed by atoms with Crippen molar-refractivity contribution in [1.82, 2.24) is 20.9 Å². The third-order valence-corrected chi connectivity index (χ3v) is 2.14. The molecule has 0 bridgehead atoms. The van der Waals surface area contributed by atoms with Crippen LogP contribution in [0.2, 0.25) is 0 Å². The molecule has 3 amide bonds. The Hall–Kier alpha value is -1.14. The molecular weight excluding hydrogens is 220 g/mol. The molecule has 17 heavy (non-hydrogen) atoms. The van der Waals surface area contributed by atoms with E-state index in [0.717, 1.165) is 6.54 Å². The molecule has 0 rings (SSSR count). The Morgan fingerprint density at radius 1 is 1.24 bits per heavy atom. The molecule has 0 saturated carbocycles. The van der Waals surface area contributed by atoms with E-state index in [4.69, 9.17) is 0 Å². The number of nitrogens with one attached hydrogen (secondary N) is 3.